The first kappa shape index (κ1) is 15.6. The van der Waals surface area contributed by atoms with Gasteiger partial charge in [0.05, 0.1) is 24.1 Å². The fraction of sp³-hybridized carbons (Fsp3) is 0.625. The molecule has 1 heterocycles. The highest BCUT2D eigenvalue weighted by Gasteiger charge is 2.26. The lowest BCUT2D eigenvalue weighted by atomic mass is 9.85. The van der Waals surface area contributed by atoms with Crippen LogP contribution in [0.4, 0.5) is 11.5 Å². The Labute approximate surface area is 126 Å². The first-order chi connectivity index (χ1) is 10.0. The van der Waals surface area contributed by atoms with E-state index < -0.39 is 0 Å². The highest BCUT2D eigenvalue weighted by atomic mass is 16.5. The number of carbonyl (C=O) groups excluding carboxylic acids is 1. The quantitative estimate of drug-likeness (QED) is 0.864. The van der Waals surface area contributed by atoms with Crippen LogP contribution in [-0.2, 0) is 4.74 Å². The minimum Gasteiger partial charge on any atom is -0.462 e. The van der Waals surface area contributed by atoms with Gasteiger partial charge in [-0.1, -0.05) is 19.8 Å². The van der Waals surface area contributed by atoms with Gasteiger partial charge in [-0.15, -0.1) is 0 Å². The van der Waals surface area contributed by atoms with E-state index in [9.17, 15) is 4.79 Å². The number of hydrogen-bond acceptors (Lipinski definition) is 5. The average Bonchev–Trinajstić information content (AvgIpc) is 2.48. The predicted octanol–water partition coefficient (Wildman–Crippen LogP) is 2.86. The third kappa shape index (κ3) is 3.46. The third-order valence-corrected chi connectivity index (χ3v) is 4.34. The first-order valence-corrected chi connectivity index (χ1v) is 7.70. The van der Waals surface area contributed by atoms with E-state index in [-0.39, 0.29) is 5.97 Å². The molecule has 2 unspecified atom stereocenters. The van der Waals surface area contributed by atoms with Gasteiger partial charge in [0.15, 0.2) is 0 Å². The van der Waals surface area contributed by atoms with Crippen molar-refractivity contribution < 1.29 is 9.53 Å². The van der Waals surface area contributed by atoms with Crippen molar-refractivity contribution in [2.24, 2.45) is 5.92 Å². The molecular weight excluding hydrogens is 266 g/mol. The lowest BCUT2D eigenvalue weighted by Gasteiger charge is -2.37. The third-order valence-electron chi connectivity index (χ3n) is 4.34. The Balaban J connectivity index is 2.23. The Hall–Kier alpha value is -1.78. The van der Waals surface area contributed by atoms with Gasteiger partial charge in [0.1, 0.15) is 5.82 Å². The highest BCUT2D eigenvalue weighted by molar-refractivity contribution is 5.95. The number of rotatable bonds is 4. The van der Waals surface area contributed by atoms with Crippen molar-refractivity contribution in [1.29, 1.82) is 0 Å². The molecule has 1 saturated carbocycles. The summed E-state index contributed by atoms with van der Waals surface area (Å²) in [5, 5.41) is 0. The van der Waals surface area contributed by atoms with Gasteiger partial charge in [0.25, 0.3) is 0 Å². The second-order valence-electron chi connectivity index (χ2n) is 5.79. The molecule has 2 atom stereocenters. The van der Waals surface area contributed by atoms with Crippen molar-refractivity contribution in [2.45, 2.75) is 45.6 Å². The van der Waals surface area contributed by atoms with Crippen LogP contribution in [0.5, 0.6) is 0 Å². The standard InChI is InChI=1S/C16H25N3O2/c1-4-21-16(20)12-9-15(18-10-13(12)17)19(3)14-8-6-5-7-11(14)2/h9-11,14H,4-8,17H2,1-3H3. The molecule has 2 N–H and O–H groups in total. The molecule has 0 aliphatic heterocycles. The van der Waals surface area contributed by atoms with Crippen molar-refractivity contribution in [2.75, 3.05) is 24.3 Å². The first-order valence-electron chi connectivity index (χ1n) is 7.70. The SMILES string of the molecule is CCOC(=O)c1cc(N(C)C2CCCCC2C)ncc1N. The zero-order valence-corrected chi connectivity index (χ0v) is 13.1. The lowest BCUT2D eigenvalue weighted by Crippen LogP contribution is -2.39. The normalized spacial score (nSPS) is 21.9. The van der Waals surface area contributed by atoms with Crippen LogP contribution in [0, 0.1) is 5.92 Å². The minimum atomic E-state index is -0.385. The predicted molar refractivity (Wildman–Crippen MR) is 84.4 cm³/mol. The molecule has 1 fully saturated rings. The van der Waals surface area contributed by atoms with Crippen molar-refractivity contribution >= 4 is 17.5 Å². The van der Waals surface area contributed by atoms with E-state index in [1.54, 1.807) is 19.2 Å². The monoisotopic (exact) mass is 291 g/mol. The Bertz CT molecular complexity index is 504. The largest absolute Gasteiger partial charge is 0.462 e. The molecule has 0 amide bonds. The van der Waals surface area contributed by atoms with Crippen molar-refractivity contribution in [3.8, 4) is 0 Å². The molecule has 5 nitrogen and oxygen atoms in total. The summed E-state index contributed by atoms with van der Waals surface area (Å²) in [4.78, 5) is 18.5. The van der Waals surface area contributed by atoms with Crippen molar-refractivity contribution in [3.05, 3.63) is 17.8 Å². The molecular formula is C16H25N3O2. The number of nitrogens with zero attached hydrogens (tertiary/aromatic N) is 2. The molecule has 1 aliphatic rings. The van der Waals surface area contributed by atoms with Crippen LogP contribution in [0.2, 0.25) is 0 Å². The minimum absolute atomic E-state index is 0.339. The summed E-state index contributed by atoms with van der Waals surface area (Å²) < 4.78 is 5.04. The summed E-state index contributed by atoms with van der Waals surface area (Å²) in [5.74, 6) is 1.03. The van der Waals surface area contributed by atoms with Crippen LogP contribution < -0.4 is 10.6 Å². The highest BCUT2D eigenvalue weighted by Crippen LogP contribution is 2.30. The van der Waals surface area contributed by atoms with Crippen LogP contribution in [0.3, 0.4) is 0 Å². The summed E-state index contributed by atoms with van der Waals surface area (Å²) in [6.45, 7) is 4.40. The van der Waals surface area contributed by atoms with E-state index in [1.807, 2.05) is 7.05 Å². The van der Waals surface area contributed by atoms with Gasteiger partial charge in [-0.25, -0.2) is 9.78 Å². The van der Waals surface area contributed by atoms with Gasteiger partial charge >= 0.3 is 5.97 Å². The summed E-state index contributed by atoms with van der Waals surface area (Å²) in [6.07, 6.45) is 6.51. The summed E-state index contributed by atoms with van der Waals surface area (Å²) in [5.41, 5.74) is 6.61. The van der Waals surface area contributed by atoms with Gasteiger partial charge in [-0.2, -0.15) is 0 Å². The van der Waals surface area contributed by atoms with Crippen molar-refractivity contribution in [1.82, 2.24) is 4.98 Å². The summed E-state index contributed by atoms with van der Waals surface area (Å²) >= 11 is 0. The van der Waals surface area contributed by atoms with Gasteiger partial charge < -0.3 is 15.4 Å². The molecule has 1 aromatic rings. The second kappa shape index (κ2) is 6.78. The van der Waals surface area contributed by atoms with Crippen LogP contribution in [0.25, 0.3) is 0 Å². The maximum atomic E-state index is 11.9. The number of nitrogen functional groups attached to an aromatic ring is 1. The van der Waals surface area contributed by atoms with E-state index in [2.05, 4.69) is 16.8 Å². The fourth-order valence-electron chi connectivity index (χ4n) is 3.08. The zero-order chi connectivity index (χ0) is 15.4. The molecule has 0 radical (unpaired) electrons. The molecule has 0 aromatic carbocycles. The van der Waals surface area contributed by atoms with Crippen LogP contribution in [-0.4, -0.2) is 30.6 Å². The number of ether oxygens (including phenoxy) is 1. The van der Waals surface area contributed by atoms with E-state index in [4.69, 9.17) is 10.5 Å². The number of aromatic nitrogens is 1. The van der Waals surface area contributed by atoms with E-state index >= 15 is 0 Å². The molecule has 1 aromatic heterocycles. The molecule has 0 spiro atoms. The molecule has 2 rings (SSSR count). The van der Waals surface area contributed by atoms with Gasteiger partial charge in [-0.05, 0) is 31.7 Å². The molecule has 5 heteroatoms. The number of carbonyl (C=O) groups is 1. The second-order valence-corrected chi connectivity index (χ2v) is 5.79. The Morgan fingerprint density at radius 1 is 1.48 bits per heavy atom. The Morgan fingerprint density at radius 3 is 2.86 bits per heavy atom. The number of esters is 1. The topological polar surface area (TPSA) is 68.5 Å². The maximum absolute atomic E-state index is 11.9. The van der Waals surface area contributed by atoms with E-state index in [0.29, 0.717) is 29.8 Å². The van der Waals surface area contributed by atoms with Gasteiger partial charge in [-0.3, -0.25) is 0 Å². The molecule has 1 aliphatic carbocycles. The van der Waals surface area contributed by atoms with Crippen LogP contribution >= 0.6 is 0 Å². The van der Waals surface area contributed by atoms with E-state index in [1.165, 1.54) is 25.7 Å². The zero-order valence-electron chi connectivity index (χ0n) is 13.1. The molecule has 116 valence electrons. The summed E-state index contributed by atoms with van der Waals surface area (Å²) in [6, 6.07) is 2.21. The lowest BCUT2D eigenvalue weighted by molar-refractivity contribution is 0.0527. The Morgan fingerprint density at radius 2 is 2.19 bits per heavy atom. The number of pyridine rings is 1. The molecule has 0 saturated heterocycles. The number of nitrogens with two attached hydrogens (primary N) is 1. The number of anilines is 2. The fourth-order valence-corrected chi connectivity index (χ4v) is 3.08. The van der Waals surface area contributed by atoms with E-state index in [0.717, 1.165) is 5.82 Å². The Kier molecular flexibility index (Phi) is 5.04. The molecule has 0 bridgehead atoms. The van der Waals surface area contributed by atoms with Gasteiger partial charge in [0.2, 0.25) is 0 Å². The average molecular weight is 291 g/mol. The van der Waals surface area contributed by atoms with Crippen molar-refractivity contribution in [3.63, 3.8) is 0 Å². The maximum Gasteiger partial charge on any atom is 0.340 e. The van der Waals surface area contributed by atoms with Crippen LogP contribution in [0.15, 0.2) is 12.3 Å². The van der Waals surface area contributed by atoms with Crippen LogP contribution in [0.1, 0.15) is 49.9 Å². The summed E-state index contributed by atoms with van der Waals surface area (Å²) in [7, 11) is 2.04. The smallest absolute Gasteiger partial charge is 0.340 e. The molecule has 21 heavy (non-hydrogen) atoms. The number of hydrogen-bond donors (Lipinski definition) is 1. The van der Waals surface area contributed by atoms with Gasteiger partial charge in [0, 0.05) is 13.1 Å².